The van der Waals surface area contributed by atoms with E-state index in [9.17, 15) is 50.4 Å². The maximum absolute atomic E-state index is 12.7. The predicted molar refractivity (Wildman–Crippen MR) is 154 cm³/mol. The number of carbonyl (C=O) groups is 2. The van der Waals surface area contributed by atoms with Crippen molar-refractivity contribution in [2.75, 3.05) is 30.1 Å². The van der Waals surface area contributed by atoms with E-state index in [0.29, 0.717) is 27.7 Å². The average molecular weight is 611 g/mol. The van der Waals surface area contributed by atoms with Crippen LogP contribution in [0.4, 0.5) is 5.69 Å². The molecule has 6 atom stereocenters. The van der Waals surface area contributed by atoms with Crippen molar-refractivity contribution in [2.24, 2.45) is 0 Å². The van der Waals surface area contributed by atoms with Crippen molar-refractivity contribution in [1.29, 1.82) is 0 Å². The highest BCUT2D eigenvalue weighted by Gasteiger charge is 2.52. The summed E-state index contributed by atoms with van der Waals surface area (Å²) in [4.78, 5) is 30.1. The second-order valence-corrected chi connectivity index (χ2v) is 11.3. The maximum atomic E-state index is 12.7. The van der Waals surface area contributed by atoms with Gasteiger partial charge in [0.1, 0.15) is 24.4 Å². The zero-order valence-electron chi connectivity index (χ0n) is 23.0. The van der Waals surface area contributed by atoms with E-state index < -0.39 is 74.3 Å². The van der Waals surface area contributed by atoms with Gasteiger partial charge in [0.25, 0.3) is 0 Å². The van der Waals surface area contributed by atoms with Gasteiger partial charge in [-0.1, -0.05) is 6.08 Å². The summed E-state index contributed by atoms with van der Waals surface area (Å²) in [5, 5.41) is 85.4. The molecule has 0 saturated carbocycles. The lowest BCUT2D eigenvalue weighted by atomic mass is 9.91. The Morgan fingerprint density at radius 3 is 2.39 bits per heavy atom. The van der Waals surface area contributed by atoms with Crippen LogP contribution in [0.15, 0.2) is 24.3 Å². The van der Waals surface area contributed by atoms with Crippen LogP contribution in [-0.4, -0.2) is 125 Å². The zero-order chi connectivity index (χ0) is 31.2. The average Bonchev–Trinajstić information content (AvgIpc) is 3.62. The summed E-state index contributed by atoms with van der Waals surface area (Å²) in [6.07, 6.45) is -0.598. The Bertz CT molecular complexity index is 1810. The zero-order valence-corrected chi connectivity index (χ0v) is 23.0. The van der Waals surface area contributed by atoms with Gasteiger partial charge in [-0.2, -0.15) is 4.68 Å². The summed E-state index contributed by atoms with van der Waals surface area (Å²) in [5.41, 5.74) is 4.96. The summed E-state index contributed by atoms with van der Waals surface area (Å²) in [7, 11) is 0. The molecule has 2 aliphatic carbocycles. The van der Waals surface area contributed by atoms with Gasteiger partial charge in [0.15, 0.2) is 17.8 Å². The van der Waals surface area contributed by atoms with Gasteiger partial charge in [0, 0.05) is 23.1 Å². The largest absolute Gasteiger partial charge is 0.493 e. The molecule has 1 fully saturated rings. The molecule has 0 spiro atoms. The van der Waals surface area contributed by atoms with Crippen molar-refractivity contribution in [2.45, 2.75) is 49.1 Å². The van der Waals surface area contributed by atoms with Crippen molar-refractivity contribution in [3.63, 3.8) is 0 Å². The molecule has 4 aliphatic rings. The minimum Gasteiger partial charge on any atom is -0.493 e. The van der Waals surface area contributed by atoms with Gasteiger partial charge in [-0.15, -0.1) is 0 Å². The van der Waals surface area contributed by atoms with Crippen LogP contribution in [0.3, 0.4) is 0 Å². The number of H-pyrrole nitrogens is 1. The quantitative estimate of drug-likeness (QED) is 0.147. The fraction of sp³-hybridized carbons (Fsp3) is 0.379. The van der Waals surface area contributed by atoms with Crippen LogP contribution in [-0.2, 0) is 20.7 Å². The molecule has 1 saturated heterocycles. The van der Waals surface area contributed by atoms with E-state index in [1.807, 2.05) is 0 Å². The van der Waals surface area contributed by atoms with E-state index in [1.165, 1.54) is 18.2 Å². The lowest BCUT2D eigenvalue weighted by Crippen LogP contribution is -2.64. The Kier molecular flexibility index (Phi) is 6.60. The number of fused-ring (bicyclic) bond motifs is 10. The molecule has 2 aliphatic heterocycles. The standard InChI is InChI=1S/C29H30N4O11/c34-7-10(8-35)31-33-27(42)20-18-13-5-11(37)1-3-15(13)30-22(18)23-19(21(20)28(33)43)14-6-12(38)2-4-16(14)32(23)29-26(41)25(40)24(39)17(9-36)44-29/h1-4,6,10,16-17,24-26,29-31,34-36,39-43H,5,7-9H2. The summed E-state index contributed by atoms with van der Waals surface area (Å²) < 4.78 is 6.87. The van der Waals surface area contributed by atoms with Crippen molar-refractivity contribution in [3.05, 3.63) is 41.1 Å². The summed E-state index contributed by atoms with van der Waals surface area (Å²) in [5.74, 6) is -1.63. The molecule has 4 heterocycles. The van der Waals surface area contributed by atoms with Gasteiger partial charge in [-0.3, -0.25) is 9.59 Å². The van der Waals surface area contributed by atoms with Crippen LogP contribution in [0.2, 0.25) is 0 Å². The number of aromatic amines is 1. The van der Waals surface area contributed by atoms with Crippen molar-refractivity contribution in [1.82, 2.24) is 9.66 Å². The molecule has 10 N–H and O–H groups in total. The molecule has 44 heavy (non-hydrogen) atoms. The highest BCUT2D eigenvalue weighted by Crippen LogP contribution is 2.57. The number of aliphatic hydroxyl groups excluding tert-OH is 6. The molecular formula is C29H30N4O11. The Labute approximate surface area is 247 Å². The normalized spacial score (nSPS) is 27.8. The number of aliphatic hydroxyl groups is 6. The number of hydrogen-bond donors (Lipinski definition) is 10. The number of aromatic nitrogens is 2. The molecule has 7 rings (SSSR count). The fourth-order valence-electron chi connectivity index (χ4n) is 6.77. The minimum atomic E-state index is -1.72. The van der Waals surface area contributed by atoms with Crippen LogP contribution in [0.1, 0.15) is 16.8 Å². The predicted octanol–water partition coefficient (Wildman–Crippen LogP) is -1.92. The van der Waals surface area contributed by atoms with E-state index in [-0.39, 0.29) is 40.0 Å². The molecule has 2 aromatic heterocycles. The van der Waals surface area contributed by atoms with Crippen molar-refractivity contribution in [3.8, 4) is 11.8 Å². The Balaban J connectivity index is 1.59. The number of ether oxygens (including phenoxy) is 1. The van der Waals surface area contributed by atoms with Crippen LogP contribution in [0.25, 0.3) is 33.3 Å². The maximum Gasteiger partial charge on any atom is 0.222 e. The van der Waals surface area contributed by atoms with Gasteiger partial charge in [0.05, 0.1) is 53.9 Å². The third-order valence-corrected chi connectivity index (χ3v) is 8.82. The number of aromatic hydroxyl groups is 2. The van der Waals surface area contributed by atoms with Gasteiger partial charge in [0.2, 0.25) is 11.8 Å². The highest BCUT2D eigenvalue weighted by molar-refractivity contribution is 6.27. The molecule has 3 aromatic rings. The fourth-order valence-corrected chi connectivity index (χ4v) is 6.77. The van der Waals surface area contributed by atoms with Crippen LogP contribution >= 0.6 is 0 Å². The highest BCUT2D eigenvalue weighted by atomic mass is 16.6. The summed E-state index contributed by atoms with van der Waals surface area (Å²) in [6.45, 7) is -1.77. The number of benzene rings is 1. The van der Waals surface area contributed by atoms with E-state index in [0.717, 1.165) is 4.68 Å². The van der Waals surface area contributed by atoms with Gasteiger partial charge in [-0.05, 0) is 35.4 Å². The molecule has 1 aromatic carbocycles. The van der Waals surface area contributed by atoms with Crippen molar-refractivity contribution < 1.29 is 55.2 Å². The lowest BCUT2D eigenvalue weighted by molar-refractivity contribution is -0.228. The molecule has 15 heteroatoms. The number of allylic oxidation sites excluding steroid dienone is 3. The summed E-state index contributed by atoms with van der Waals surface area (Å²) >= 11 is 0. The van der Waals surface area contributed by atoms with E-state index >= 15 is 0 Å². The molecule has 0 radical (unpaired) electrons. The van der Waals surface area contributed by atoms with E-state index in [2.05, 4.69) is 10.4 Å². The number of nitrogens with zero attached hydrogens (tertiary/aromatic N) is 2. The smallest absolute Gasteiger partial charge is 0.222 e. The van der Waals surface area contributed by atoms with Gasteiger partial charge in [-0.25, -0.2) is 0 Å². The number of anilines is 1. The minimum absolute atomic E-state index is 0.0566. The van der Waals surface area contributed by atoms with Crippen LogP contribution < -0.4 is 10.3 Å². The summed E-state index contributed by atoms with van der Waals surface area (Å²) in [6, 6.07) is -1.81. The number of nitrogens with one attached hydrogen (secondary N) is 2. The molecule has 0 bridgehead atoms. The van der Waals surface area contributed by atoms with E-state index in [4.69, 9.17) is 4.74 Å². The lowest BCUT2D eigenvalue weighted by Gasteiger charge is -2.46. The number of carbonyl (C=O) groups excluding carboxylic acids is 2. The SMILES string of the molecule is O=C1C=CC2C(=C1)c1c(c3[nH]c4c(c3c3c(O)n(NC(CO)CO)c(O)c13)CC(=O)C=C4)N2C1OC(CO)C(O)C(O)C1O. The molecule has 6 unspecified atom stereocenters. The number of rotatable bonds is 6. The Hall–Kier alpha value is -4.22. The monoisotopic (exact) mass is 610 g/mol. The number of ketones is 2. The molecule has 232 valence electrons. The second kappa shape index (κ2) is 10.2. The first-order chi connectivity index (χ1) is 21.1. The second-order valence-electron chi connectivity index (χ2n) is 11.3. The first kappa shape index (κ1) is 28.5. The Morgan fingerprint density at radius 1 is 0.955 bits per heavy atom. The molecular weight excluding hydrogens is 580 g/mol. The number of hydrogen-bond acceptors (Lipinski definition) is 13. The first-order valence-corrected chi connectivity index (χ1v) is 14.0. The Morgan fingerprint density at radius 2 is 1.68 bits per heavy atom. The van der Waals surface area contributed by atoms with Crippen LogP contribution in [0, 0.1) is 0 Å². The van der Waals surface area contributed by atoms with E-state index in [1.54, 1.807) is 17.1 Å². The van der Waals surface area contributed by atoms with Gasteiger partial charge < -0.3 is 60.9 Å². The molecule has 15 nitrogen and oxygen atoms in total. The topological polar surface area (TPSA) is 241 Å². The third kappa shape index (κ3) is 3.81. The molecule has 0 amide bonds. The van der Waals surface area contributed by atoms with Gasteiger partial charge >= 0.3 is 0 Å². The first-order valence-electron chi connectivity index (χ1n) is 14.0. The van der Waals surface area contributed by atoms with Crippen molar-refractivity contribution >= 4 is 50.6 Å². The van der Waals surface area contributed by atoms with Crippen LogP contribution in [0.5, 0.6) is 11.8 Å². The third-order valence-electron chi connectivity index (χ3n) is 8.82.